The van der Waals surface area contributed by atoms with Crippen molar-refractivity contribution in [3.63, 3.8) is 0 Å². The second-order valence-electron chi connectivity index (χ2n) is 21.5. The van der Waals surface area contributed by atoms with E-state index in [4.69, 9.17) is 0 Å². The van der Waals surface area contributed by atoms with Gasteiger partial charge in [-0.2, -0.15) is 0 Å². The van der Waals surface area contributed by atoms with E-state index < -0.39 is 0 Å². The van der Waals surface area contributed by atoms with Gasteiger partial charge in [-0.25, -0.2) is 0 Å². The highest BCUT2D eigenvalue weighted by Gasteiger charge is 2.06. The van der Waals surface area contributed by atoms with Crippen molar-refractivity contribution in [3.05, 3.63) is 371 Å². The van der Waals surface area contributed by atoms with Crippen molar-refractivity contribution in [2.75, 3.05) is 21.3 Å². The summed E-state index contributed by atoms with van der Waals surface area (Å²) >= 11 is 0. The number of hydrogen-bond acceptors (Lipinski definition) is 9. The topological polar surface area (TPSA) is 113 Å². The van der Waals surface area contributed by atoms with E-state index in [2.05, 4.69) is 289 Å². The van der Waals surface area contributed by atoms with Crippen molar-refractivity contribution in [1.82, 2.24) is 24.9 Å². The lowest BCUT2D eigenvalue weighted by Gasteiger charge is -2.10. The molecular weight excluding hydrogens is 1120 g/mol. The Hall–Kier alpha value is -12.6. The van der Waals surface area contributed by atoms with Crippen LogP contribution >= 0.6 is 0 Å². The molecule has 10 aromatic carbocycles. The molecule has 15 rings (SSSR count). The highest BCUT2D eigenvalue weighted by molar-refractivity contribution is 5.87. The second-order valence-corrected chi connectivity index (χ2v) is 21.5. The number of fused-ring (bicyclic) bond motifs is 1. The lowest BCUT2D eigenvalue weighted by molar-refractivity contribution is 1.33. The highest BCUT2D eigenvalue weighted by atomic mass is 14.9. The average molecular weight is 1190 g/mol. The van der Waals surface area contributed by atoms with Crippen molar-refractivity contribution >= 4 is 56.3 Å². The summed E-state index contributed by atoms with van der Waals surface area (Å²) < 4.78 is 0. The molecule has 15 aromatic rings. The van der Waals surface area contributed by atoms with Gasteiger partial charge in [-0.05, 0) is 205 Å². The molecular formula is C83H65N9. The monoisotopic (exact) mass is 1190 g/mol. The first-order valence-electron chi connectivity index (χ1n) is 30.4. The molecule has 0 bridgehead atoms. The third-order valence-corrected chi connectivity index (χ3v) is 15.0. The lowest BCUT2D eigenvalue weighted by atomic mass is 9.99. The fraction of sp³-hybridized carbons (Fsp3) is 0. The minimum atomic E-state index is 1.06. The molecule has 0 aliphatic rings. The summed E-state index contributed by atoms with van der Waals surface area (Å²) in [4.78, 5) is 20.8. The van der Waals surface area contributed by atoms with Crippen LogP contribution in [0.2, 0.25) is 0 Å². The van der Waals surface area contributed by atoms with Gasteiger partial charge in [0.05, 0.1) is 0 Å². The molecule has 0 aliphatic heterocycles. The van der Waals surface area contributed by atoms with E-state index in [1.807, 2.05) is 97.7 Å². The number of aromatic nitrogens is 5. The maximum Gasteiger partial charge on any atom is 0.0390 e. The fourth-order valence-corrected chi connectivity index (χ4v) is 10.3. The molecule has 4 N–H and O–H groups in total. The first kappa shape index (κ1) is 59.7. The van der Waals surface area contributed by atoms with Crippen LogP contribution in [0.5, 0.6) is 0 Å². The zero-order valence-corrected chi connectivity index (χ0v) is 50.5. The van der Waals surface area contributed by atoms with Crippen LogP contribution in [0.15, 0.2) is 371 Å². The highest BCUT2D eigenvalue weighted by Crippen LogP contribution is 2.31. The number of anilines is 8. The summed E-state index contributed by atoms with van der Waals surface area (Å²) in [5.74, 6) is 0. The molecule has 5 aromatic heterocycles. The number of nitrogens with one attached hydrogen (secondary N) is 4. The molecule has 9 heteroatoms. The number of rotatable bonds is 14. The van der Waals surface area contributed by atoms with Gasteiger partial charge in [0.1, 0.15) is 0 Å². The molecule has 5 heterocycles. The third-order valence-electron chi connectivity index (χ3n) is 15.0. The van der Waals surface area contributed by atoms with Crippen molar-refractivity contribution in [2.24, 2.45) is 0 Å². The Morgan fingerprint density at radius 3 is 0.783 bits per heavy atom. The van der Waals surface area contributed by atoms with Gasteiger partial charge in [0.15, 0.2) is 0 Å². The van der Waals surface area contributed by atoms with E-state index in [1.54, 1.807) is 31.0 Å². The molecule has 9 nitrogen and oxygen atoms in total. The van der Waals surface area contributed by atoms with Crippen LogP contribution in [0, 0.1) is 0 Å². The van der Waals surface area contributed by atoms with Crippen LogP contribution < -0.4 is 21.3 Å². The fourth-order valence-electron chi connectivity index (χ4n) is 10.3. The number of benzene rings is 10. The zero-order chi connectivity index (χ0) is 62.2. The molecule has 442 valence electrons. The van der Waals surface area contributed by atoms with E-state index >= 15 is 0 Å². The molecule has 0 unspecified atom stereocenters. The molecule has 0 saturated heterocycles. The smallest absolute Gasteiger partial charge is 0.0390 e. The van der Waals surface area contributed by atoms with Gasteiger partial charge in [-0.15, -0.1) is 0 Å². The van der Waals surface area contributed by atoms with Gasteiger partial charge in [0.2, 0.25) is 0 Å². The van der Waals surface area contributed by atoms with Crippen LogP contribution in [0.25, 0.3) is 77.5 Å². The van der Waals surface area contributed by atoms with Gasteiger partial charge in [-0.1, -0.05) is 176 Å². The van der Waals surface area contributed by atoms with Crippen LogP contribution in [0.4, 0.5) is 45.5 Å². The minimum absolute atomic E-state index is 1.06. The van der Waals surface area contributed by atoms with E-state index in [0.29, 0.717) is 0 Å². The average Bonchev–Trinajstić information content (AvgIpc) is 2.21. The molecule has 0 spiro atoms. The Labute approximate surface area is 537 Å². The largest absolute Gasteiger partial charge is 0.356 e. The van der Waals surface area contributed by atoms with Gasteiger partial charge in [0, 0.05) is 113 Å². The second kappa shape index (κ2) is 30.9. The number of para-hydroxylation sites is 2. The maximum absolute atomic E-state index is 4.21. The first-order chi connectivity index (χ1) is 45.6. The van der Waals surface area contributed by atoms with Crippen LogP contribution in [-0.4, -0.2) is 24.9 Å². The van der Waals surface area contributed by atoms with E-state index in [1.165, 1.54) is 38.6 Å². The van der Waals surface area contributed by atoms with Crippen LogP contribution in [0.1, 0.15) is 0 Å². The molecule has 0 fully saturated rings. The van der Waals surface area contributed by atoms with E-state index in [9.17, 15) is 0 Å². The lowest BCUT2D eigenvalue weighted by Crippen LogP contribution is -1.90. The minimum Gasteiger partial charge on any atom is -0.356 e. The summed E-state index contributed by atoms with van der Waals surface area (Å²) in [7, 11) is 0. The summed E-state index contributed by atoms with van der Waals surface area (Å²) in [6.07, 6.45) is 18.3. The Bertz CT molecular complexity index is 4580. The van der Waals surface area contributed by atoms with E-state index in [0.717, 1.165) is 84.4 Å². The van der Waals surface area contributed by atoms with Crippen molar-refractivity contribution in [1.29, 1.82) is 0 Å². The summed E-state index contributed by atoms with van der Waals surface area (Å²) in [6.45, 7) is 0. The predicted octanol–water partition coefficient (Wildman–Crippen LogP) is 21.9. The SMILES string of the molecule is c1ccc(Nc2ccc(-c3cccnc3)cc2)cc1.c1ccc(Nc2cccc(-c3cccc(-c4cccnc4)c3)c2)cc1.c1cncc(-c2ccc(Nc3ccc(-c4cccnc4)cc3)cc2)c1.c1cncc(-c2ccc(Nc3ccc4ccccc4c3)cc2)c1. The Morgan fingerprint density at radius 2 is 0.413 bits per heavy atom. The quantitative estimate of drug-likeness (QED) is 0.0846. The van der Waals surface area contributed by atoms with Crippen molar-refractivity contribution in [2.45, 2.75) is 0 Å². The van der Waals surface area contributed by atoms with Gasteiger partial charge < -0.3 is 21.3 Å². The predicted molar refractivity (Wildman–Crippen MR) is 384 cm³/mol. The summed E-state index contributed by atoms with van der Waals surface area (Å²) in [5.41, 5.74) is 22.5. The summed E-state index contributed by atoms with van der Waals surface area (Å²) in [5, 5.41) is 16.2. The Morgan fingerprint density at radius 1 is 0.152 bits per heavy atom. The maximum atomic E-state index is 4.21. The van der Waals surface area contributed by atoms with Crippen molar-refractivity contribution < 1.29 is 0 Å². The molecule has 0 atom stereocenters. The first-order valence-corrected chi connectivity index (χ1v) is 30.4. The zero-order valence-electron chi connectivity index (χ0n) is 50.5. The molecule has 0 saturated carbocycles. The molecule has 0 aliphatic carbocycles. The number of nitrogens with zero attached hydrogens (tertiary/aromatic N) is 5. The standard InChI is InChI=1S/C23H18N2.C22H17N3.C21H16N2.C17H14N2/c1-2-11-22(12-3-1)25-23-13-5-9-20(16-23)18-7-4-8-19(15-18)21-10-6-14-24-17-21;1-3-19(15-23-13-1)17-5-9-21(10-6-17)25-22-11-7-18(8-12-22)20-4-2-14-24-16-20;1-2-5-18-14-21(12-9-16(18)4-1)23-20-10-7-17(8-11-20)19-6-3-13-22-15-19;1-2-6-16(7-3-1)19-17-10-8-14(9-11-17)15-5-4-12-18-13-15/h1-17,25H;1-16,25H;1-15,23H;1-13,19H. The van der Waals surface area contributed by atoms with Gasteiger partial charge >= 0.3 is 0 Å². The number of hydrogen-bond donors (Lipinski definition) is 4. The van der Waals surface area contributed by atoms with Gasteiger partial charge in [-0.3, -0.25) is 24.9 Å². The third kappa shape index (κ3) is 16.9. The normalized spacial score (nSPS) is 10.4. The number of pyridine rings is 5. The summed E-state index contributed by atoms with van der Waals surface area (Å²) in [6, 6.07) is 106. The van der Waals surface area contributed by atoms with Crippen LogP contribution in [0.3, 0.4) is 0 Å². The Kier molecular flexibility index (Phi) is 20.0. The van der Waals surface area contributed by atoms with Crippen LogP contribution in [-0.2, 0) is 0 Å². The Balaban J connectivity index is 0.000000119. The van der Waals surface area contributed by atoms with Gasteiger partial charge in [0.25, 0.3) is 0 Å². The molecule has 92 heavy (non-hydrogen) atoms. The van der Waals surface area contributed by atoms with E-state index in [-0.39, 0.29) is 0 Å². The molecule has 0 radical (unpaired) electrons. The molecule has 0 amide bonds. The van der Waals surface area contributed by atoms with Crippen molar-refractivity contribution in [3.8, 4) is 66.8 Å².